The molecule has 26 heavy (non-hydrogen) atoms. The minimum Gasteiger partial charge on any atom is -0.330 e. The molecule has 0 radical (unpaired) electrons. The van der Waals surface area contributed by atoms with E-state index in [0.29, 0.717) is 16.0 Å². The highest BCUT2D eigenvalue weighted by Crippen LogP contribution is 2.18. The van der Waals surface area contributed by atoms with Crippen LogP contribution >= 0.6 is 11.3 Å². The van der Waals surface area contributed by atoms with Crippen LogP contribution in [0.3, 0.4) is 0 Å². The number of hydrogen-bond donors (Lipinski definition) is 1. The SMILES string of the molecule is Cc1cccc(NC(=O)Cn2c(C)cc3nc4sc(C)nn4c(=O)c32)c1. The van der Waals surface area contributed by atoms with E-state index in [2.05, 4.69) is 15.4 Å². The van der Waals surface area contributed by atoms with Gasteiger partial charge in [0.05, 0.1) is 5.52 Å². The molecule has 132 valence electrons. The molecule has 1 aromatic carbocycles. The van der Waals surface area contributed by atoms with E-state index >= 15 is 0 Å². The molecule has 0 fully saturated rings. The quantitative estimate of drug-likeness (QED) is 0.604. The number of benzene rings is 1. The number of nitrogens with zero attached hydrogens (tertiary/aromatic N) is 4. The number of carbonyl (C=O) groups excluding carboxylic acids is 1. The van der Waals surface area contributed by atoms with Crippen LogP contribution in [-0.4, -0.2) is 25.1 Å². The fourth-order valence-corrected chi connectivity index (χ4v) is 3.77. The zero-order valence-electron chi connectivity index (χ0n) is 14.6. The molecule has 4 aromatic rings. The largest absolute Gasteiger partial charge is 0.330 e. The van der Waals surface area contributed by atoms with E-state index in [-0.39, 0.29) is 18.0 Å². The molecule has 0 spiro atoms. The third-order valence-electron chi connectivity index (χ3n) is 4.16. The Kier molecular flexibility index (Phi) is 3.84. The number of hydrogen-bond acceptors (Lipinski definition) is 5. The molecule has 0 saturated heterocycles. The van der Waals surface area contributed by atoms with Crippen molar-refractivity contribution in [3.8, 4) is 0 Å². The summed E-state index contributed by atoms with van der Waals surface area (Å²) in [6.07, 6.45) is 0. The van der Waals surface area contributed by atoms with Gasteiger partial charge in [0.2, 0.25) is 10.9 Å². The predicted octanol–water partition coefficient (Wildman–Crippen LogP) is 2.67. The second-order valence-corrected chi connectivity index (χ2v) is 7.42. The van der Waals surface area contributed by atoms with E-state index in [1.54, 1.807) is 4.57 Å². The molecule has 0 bridgehead atoms. The number of amides is 1. The first-order valence-electron chi connectivity index (χ1n) is 8.15. The average molecular weight is 367 g/mol. The Morgan fingerprint density at radius 3 is 2.81 bits per heavy atom. The van der Waals surface area contributed by atoms with Crippen molar-refractivity contribution in [2.45, 2.75) is 27.3 Å². The maximum Gasteiger partial charge on any atom is 0.299 e. The van der Waals surface area contributed by atoms with Gasteiger partial charge in [-0.25, -0.2) is 4.98 Å². The highest BCUT2D eigenvalue weighted by atomic mass is 32.1. The fourth-order valence-electron chi connectivity index (χ4n) is 3.02. The minimum atomic E-state index is -0.259. The van der Waals surface area contributed by atoms with E-state index in [4.69, 9.17) is 0 Å². The fraction of sp³-hybridized carbons (Fsp3) is 0.222. The summed E-state index contributed by atoms with van der Waals surface area (Å²) in [5.41, 5.74) is 3.32. The van der Waals surface area contributed by atoms with Crippen molar-refractivity contribution < 1.29 is 4.79 Å². The summed E-state index contributed by atoms with van der Waals surface area (Å²) in [4.78, 5) is 30.4. The van der Waals surface area contributed by atoms with Crippen LogP contribution in [0.4, 0.5) is 5.69 Å². The molecule has 4 rings (SSSR count). The van der Waals surface area contributed by atoms with Crippen molar-refractivity contribution in [1.29, 1.82) is 0 Å². The van der Waals surface area contributed by atoms with E-state index < -0.39 is 0 Å². The monoisotopic (exact) mass is 367 g/mol. The van der Waals surface area contributed by atoms with E-state index in [9.17, 15) is 9.59 Å². The van der Waals surface area contributed by atoms with Gasteiger partial charge in [-0.2, -0.15) is 9.61 Å². The highest BCUT2D eigenvalue weighted by molar-refractivity contribution is 7.16. The van der Waals surface area contributed by atoms with Gasteiger partial charge >= 0.3 is 0 Å². The number of aryl methyl sites for hydroxylation is 3. The van der Waals surface area contributed by atoms with Crippen LogP contribution < -0.4 is 10.9 Å². The van der Waals surface area contributed by atoms with Crippen LogP contribution in [0.2, 0.25) is 0 Å². The van der Waals surface area contributed by atoms with Gasteiger partial charge in [0.15, 0.2) is 0 Å². The van der Waals surface area contributed by atoms with Crippen molar-refractivity contribution in [1.82, 2.24) is 19.2 Å². The van der Waals surface area contributed by atoms with E-state index in [0.717, 1.165) is 22.0 Å². The summed E-state index contributed by atoms with van der Waals surface area (Å²) in [6.45, 7) is 5.69. The molecule has 8 heteroatoms. The molecule has 0 saturated carbocycles. The first kappa shape index (κ1) is 16.5. The second-order valence-electron chi connectivity index (χ2n) is 6.26. The Labute approximate surface area is 152 Å². The number of nitrogens with one attached hydrogen (secondary N) is 1. The molecule has 3 heterocycles. The lowest BCUT2D eigenvalue weighted by molar-refractivity contribution is -0.116. The van der Waals surface area contributed by atoms with Crippen molar-refractivity contribution in [2.75, 3.05) is 5.32 Å². The third-order valence-corrected chi connectivity index (χ3v) is 4.98. The zero-order chi connectivity index (χ0) is 18.4. The van der Waals surface area contributed by atoms with E-state index in [1.165, 1.54) is 15.9 Å². The Bertz CT molecular complexity index is 1220. The van der Waals surface area contributed by atoms with Crippen LogP contribution in [0.1, 0.15) is 16.3 Å². The molecule has 1 N–H and O–H groups in total. The first-order chi connectivity index (χ1) is 12.4. The lowest BCUT2D eigenvalue weighted by Crippen LogP contribution is -2.23. The number of fused-ring (bicyclic) bond motifs is 2. The van der Waals surface area contributed by atoms with Gasteiger partial charge < -0.3 is 9.88 Å². The normalized spacial score (nSPS) is 11.3. The predicted molar refractivity (Wildman–Crippen MR) is 102 cm³/mol. The molecule has 0 unspecified atom stereocenters. The molecular weight excluding hydrogens is 350 g/mol. The lowest BCUT2D eigenvalue weighted by Gasteiger charge is -2.09. The van der Waals surface area contributed by atoms with Gasteiger partial charge in [-0.15, -0.1) is 0 Å². The van der Waals surface area contributed by atoms with Gasteiger partial charge in [-0.3, -0.25) is 9.59 Å². The van der Waals surface area contributed by atoms with Gasteiger partial charge in [-0.05, 0) is 44.5 Å². The molecule has 0 atom stereocenters. The molecule has 0 aliphatic heterocycles. The maximum absolute atomic E-state index is 12.8. The van der Waals surface area contributed by atoms with Crippen LogP contribution in [0.5, 0.6) is 0 Å². The average Bonchev–Trinajstić information content (AvgIpc) is 3.08. The Balaban J connectivity index is 1.74. The van der Waals surface area contributed by atoms with Crippen LogP contribution in [0.15, 0.2) is 35.1 Å². The minimum absolute atomic E-state index is 0.0371. The van der Waals surface area contributed by atoms with Crippen molar-refractivity contribution in [3.05, 3.63) is 57.0 Å². The zero-order valence-corrected chi connectivity index (χ0v) is 15.4. The van der Waals surface area contributed by atoms with Crippen LogP contribution in [0.25, 0.3) is 16.0 Å². The molecule has 3 aromatic heterocycles. The van der Waals surface area contributed by atoms with E-state index in [1.807, 2.05) is 51.1 Å². The number of anilines is 1. The topological polar surface area (TPSA) is 81.3 Å². The molecular formula is C18H17N5O2S. The molecule has 7 nitrogen and oxygen atoms in total. The number of rotatable bonds is 3. The molecule has 0 aliphatic rings. The standard InChI is InChI=1S/C18H17N5O2S/c1-10-5-4-6-13(7-10)19-15(24)9-22-11(2)8-14-16(22)17(25)23-18(20-14)26-12(3)21-23/h4-8H,9H2,1-3H3,(H,19,24). The highest BCUT2D eigenvalue weighted by Gasteiger charge is 2.17. The summed E-state index contributed by atoms with van der Waals surface area (Å²) in [6, 6.07) is 9.41. The van der Waals surface area contributed by atoms with Crippen molar-refractivity contribution >= 4 is 38.9 Å². The summed E-state index contributed by atoms with van der Waals surface area (Å²) in [5, 5.41) is 7.85. The number of aromatic nitrogens is 4. The summed E-state index contributed by atoms with van der Waals surface area (Å²) < 4.78 is 2.99. The van der Waals surface area contributed by atoms with Crippen molar-refractivity contribution in [3.63, 3.8) is 0 Å². The second kappa shape index (κ2) is 6.06. The Hall–Kier alpha value is -3.00. The Morgan fingerprint density at radius 1 is 1.23 bits per heavy atom. The van der Waals surface area contributed by atoms with Gasteiger partial charge in [0.25, 0.3) is 5.56 Å². The van der Waals surface area contributed by atoms with Crippen LogP contribution in [-0.2, 0) is 11.3 Å². The van der Waals surface area contributed by atoms with Gasteiger partial charge in [0, 0.05) is 11.4 Å². The maximum atomic E-state index is 12.8. The smallest absolute Gasteiger partial charge is 0.299 e. The Morgan fingerprint density at radius 2 is 2.04 bits per heavy atom. The van der Waals surface area contributed by atoms with Gasteiger partial charge in [0.1, 0.15) is 17.1 Å². The summed E-state index contributed by atoms with van der Waals surface area (Å²) >= 11 is 1.37. The van der Waals surface area contributed by atoms with Crippen molar-refractivity contribution in [2.24, 2.45) is 0 Å². The van der Waals surface area contributed by atoms with Gasteiger partial charge in [-0.1, -0.05) is 23.5 Å². The molecule has 0 aliphatic carbocycles. The first-order valence-corrected chi connectivity index (χ1v) is 8.97. The van der Waals surface area contributed by atoms with Crippen LogP contribution in [0, 0.1) is 20.8 Å². The third kappa shape index (κ3) is 2.78. The summed E-state index contributed by atoms with van der Waals surface area (Å²) in [5.74, 6) is -0.199. The molecule has 1 amide bonds. The lowest BCUT2D eigenvalue weighted by atomic mass is 10.2. The summed E-state index contributed by atoms with van der Waals surface area (Å²) in [7, 11) is 0. The number of carbonyl (C=O) groups is 1.